The largest absolute Gasteiger partial charge is 0.326 e. The van der Waals surface area contributed by atoms with Crippen LogP contribution in [0.5, 0.6) is 0 Å². The maximum atomic E-state index is 5.97. The molecule has 3 nitrogen and oxygen atoms in total. The lowest BCUT2D eigenvalue weighted by Gasteiger charge is -2.27. The van der Waals surface area contributed by atoms with Crippen molar-refractivity contribution in [3.8, 4) is 0 Å². The minimum absolute atomic E-state index is 0.349. The molecule has 3 heteroatoms. The highest BCUT2D eigenvalue weighted by Crippen LogP contribution is 2.13. The average Bonchev–Trinajstić information content (AvgIpc) is 2.07. The molecule has 1 atom stereocenters. The molecule has 0 spiro atoms. The van der Waals surface area contributed by atoms with Crippen LogP contribution in [0.2, 0.25) is 0 Å². The molecule has 0 aliphatic carbocycles. The van der Waals surface area contributed by atoms with E-state index >= 15 is 0 Å². The Labute approximate surface area is 68.7 Å². The molecule has 4 N–H and O–H groups in total. The molecule has 1 saturated heterocycles. The van der Waals surface area contributed by atoms with Gasteiger partial charge in [-0.25, -0.2) is 0 Å². The summed E-state index contributed by atoms with van der Waals surface area (Å²) in [6, 6.07) is 0.349. The lowest BCUT2D eigenvalue weighted by atomic mass is 9.91. The number of hydrogen-bond donors (Lipinski definition) is 3. The molecule has 0 bridgehead atoms. The van der Waals surface area contributed by atoms with Gasteiger partial charge in [-0.2, -0.15) is 0 Å². The van der Waals surface area contributed by atoms with E-state index in [9.17, 15) is 0 Å². The van der Waals surface area contributed by atoms with E-state index in [1.807, 2.05) is 7.05 Å². The van der Waals surface area contributed by atoms with Crippen LogP contribution in [0.3, 0.4) is 0 Å². The molecule has 11 heavy (non-hydrogen) atoms. The molecule has 66 valence electrons. The van der Waals surface area contributed by atoms with Crippen LogP contribution >= 0.6 is 0 Å². The Bertz CT molecular complexity index is 99.5. The van der Waals surface area contributed by atoms with Crippen LogP contribution in [-0.2, 0) is 0 Å². The number of nitrogens with one attached hydrogen (secondary N) is 2. The van der Waals surface area contributed by atoms with Gasteiger partial charge >= 0.3 is 0 Å². The molecule has 1 aliphatic rings. The van der Waals surface area contributed by atoms with Gasteiger partial charge in [-0.1, -0.05) is 0 Å². The smallest absolute Gasteiger partial charge is 0.0194 e. The quantitative estimate of drug-likeness (QED) is 0.519. The van der Waals surface area contributed by atoms with Gasteiger partial charge in [0.25, 0.3) is 0 Å². The monoisotopic (exact) mass is 157 g/mol. The van der Waals surface area contributed by atoms with Gasteiger partial charge in [0.15, 0.2) is 0 Å². The molecular formula is C8H19N3. The second-order valence-corrected chi connectivity index (χ2v) is 3.31. The highest BCUT2D eigenvalue weighted by molar-refractivity contribution is 4.78. The summed E-state index contributed by atoms with van der Waals surface area (Å²) in [6.07, 6.45) is 2.48. The van der Waals surface area contributed by atoms with Crippen molar-refractivity contribution in [3.63, 3.8) is 0 Å². The van der Waals surface area contributed by atoms with Crippen LogP contribution in [-0.4, -0.2) is 32.7 Å². The molecule has 0 aromatic carbocycles. The first kappa shape index (κ1) is 8.97. The summed E-state index contributed by atoms with van der Waals surface area (Å²) in [6.45, 7) is 3.23. The zero-order valence-corrected chi connectivity index (χ0v) is 7.27. The molecule has 0 aromatic heterocycles. The molecule has 0 radical (unpaired) electrons. The standard InChI is InChI=1S/C8H19N3/c1-10-6-8(9)7-2-4-11-5-3-7/h7-8,10-11H,2-6,9H2,1H3. The second-order valence-electron chi connectivity index (χ2n) is 3.31. The predicted octanol–water partition coefficient (Wildman–Crippen LogP) is -0.467. The molecule has 0 aromatic rings. The van der Waals surface area contributed by atoms with E-state index in [4.69, 9.17) is 5.73 Å². The van der Waals surface area contributed by atoms with Crippen LogP contribution in [0.15, 0.2) is 0 Å². The fraction of sp³-hybridized carbons (Fsp3) is 1.00. The molecule has 1 fully saturated rings. The van der Waals surface area contributed by atoms with Gasteiger partial charge in [0.2, 0.25) is 0 Å². The molecule has 1 heterocycles. The van der Waals surface area contributed by atoms with Crippen LogP contribution < -0.4 is 16.4 Å². The van der Waals surface area contributed by atoms with Gasteiger partial charge in [-0.05, 0) is 38.9 Å². The minimum atomic E-state index is 0.349. The van der Waals surface area contributed by atoms with Crippen molar-refractivity contribution >= 4 is 0 Å². The van der Waals surface area contributed by atoms with Crippen molar-refractivity contribution in [1.82, 2.24) is 10.6 Å². The van der Waals surface area contributed by atoms with Gasteiger partial charge in [-0.15, -0.1) is 0 Å². The highest BCUT2D eigenvalue weighted by atomic mass is 14.9. The van der Waals surface area contributed by atoms with E-state index in [0.29, 0.717) is 6.04 Å². The first-order valence-corrected chi connectivity index (χ1v) is 4.45. The first-order chi connectivity index (χ1) is 5.34. The fourth-order valence-electron chi connectivity index (χ4n) is 1.67. The Balaban J connectivity index is 2.21. The van der Waals surface area contributed by atoms with Crippen LogP contribution in [0.1, 0.15) is 12.8 Å². The molecule has 1 aliphatic heterocycles. The number of rotatable bonds is 3. The maximum absolute atomic E-state index is 5.97. The minimum Gasteiger partial charge on any atom is -0.326 e. The van der Waals surface area contributed by atoms with E-state index in [1.54, 1.807) is 0 Å². The number of nitrogens with two attached hydrogens (primary N) is 1. The summed E-state index contributed by atoms with van der Waals surface area (Å²) in [5.41, 5.74) is 5.97. The van der Waals surface area contributed by atoms with Crippen molar-refractivity contribution in [2.75, 3.05) is 26.7 Å². The summed E-state index contributed by atoms with van der Waals surface area (Å²) in [7, 11) is 1.96. The average molecular weight is 157 g/mol. The van der Waals surface area contributed by atoms with E-state index in [0.717, 1.165) is 25.6 Å². The summed E-state index contributed by atoms with van der Waals surface area (Å²) < 4.78 is 0. The van der Waals surface area contributed by atoms with Gasteiger partial charge in [0.1, 0.15) is 0 Å². The normalized spacial score (nSPS) is 23.5. The molecule has 1 rings (SSSR count). The van der Waals surface area contributed by atoms with Crippen molar-refractivity contribution in [3.05, 3.63) is 0 Å². The summed E-state index contributed by atoms with van der Waals surface area (Å²) in [4.78, 5) is 0. The van der Waals surface area contributed by atoms with Crippen molar-refractivity contribution in [2.24, 2.45) is 11.7 Å². The Hall–Kier alpha value is -0.120. The topological polar surface area (TPSA) is 50.1 Å². The van der Waals surface area contributed by atoms with Crippen molar-refractivity contribution in [1.29, 1.82) is 0 Å². The van der Waals surface area contributed by atoms with Crippen LogP contribution in [0.4, 0.5) is 0 Å². The molecule has 0 saturated carbocycles. The van der Waals surface area contributed by atoms with E-state index in [1.165, 1.54) is 12.8 Å². The van der Waals surface area contributed by atoms with Crippen molar-refractivity contribution in [2.45, 2.75) is 18.9 Å². The Morgan fingerprint density at radius 2 is 2.18 bits per heavy atom. The number of piperidine rings is 1. The Morgan fingerprint density at radius 1 is 1.55 bits per heavy atom. The lowest BCUT2D eigenvalue weighted by molar-refractivity contribution is 0.314. The second kappa shape index (κ2) is 4.70. The third-order valence-electron chi connectivity index (χ3n) is 2.43. The molecule has 1 unspecified atom stereocenters. The SMILES string of the molecule is CNCC(N)C1CCNCC1. The van der Waals surface area contributed by atoms with Gasteiger partial charge < -0.3 is 16.4 Å². The van der Waals surface area contributed by atoms with Crippen LogP contribution in [0.25, 0.3) is 0 Å². The Morgan fingerprint density at radius 3 is 2.73 bits per heavy atom. The van der Waals surface area contributed by atoms with Crippen LogP contribution in [0, 0.1) is 5.92 Å². The predicted molar refractivity (Wildman–Crippen MR) is 47.5 cm³/mol. The van der Waals surface area contributed by atoms with E-state index in [2.05, 4.69) is 10.6 Å². The summed E-state index contributed by atoms with van der Waals surface area (Å²) in [5, 5.41) is 6.46. The van der Waals surface area contributed by atoms with E-state index < -0.39 is 0 Å². The molecular weight excluding hydrogens is 138 g/mol. The summed E-state index contributed by atoms with van der Waals surface area (Å²) in [5.74, 6) is 0.726. The first-order valence-electron chi connectivity index (χ1n) is 4.45. The fourth-order valence-corrected chi connectivity index (χ4v) is 1.67. The third-order valence-corrected chi connectivity index (χ3v) is 2.43. The Kier molecular flexibility index (Phi) is 3.83. The zero-order chi connectivity index (χ0) is 8.10. The lowest BCUT2D eigenvalue weighted by Crippen LogP contribution is -2.43. The number of likely N-dealkylation sites (N-methyl/N-ethyl adjacent to an activating group) is 1. The van der Waals surface area contributed by atoms with E-state index in [-0.39, 0.29) is 0 Å². The van der Waals surface area contributed by atoms with Gasteiger partial charge in [0, 0.05) is 12.6 Å². The van der Waals surface area contributed by atoms with Crippen molar-refractivity contribution < 1.29 is 0 Å². The highest BCUT2D eigenvalue weighted by Gasteiger charge is 2.18. The number of hydrogen-bond acceptors (Lipinski definition) is 3. The molecule has 0 amide bonds. The zero-order valence-electron chi connectivity index (χ0n) is 7.27. The van der Waals surface area contributed by atoms with Gasteiger partial charge in [-0.3, -0.25) is 0 Å². The third kappa shape index (κ3) is 2.77. The summed E-state index contributed by atoms with van der Waals surface area (Å²) >= 11 is 0. The maximum Gasteiger partial charge on any atom is 0.0194 e. The van der Waals surface area contributed by atoms with Gasteiger partial charge in [0.05, 0.1) is 0 Å².